The van der Waals surface area contributed by atoms with Crippen LogP contribution in [0.4, 0.5) is 4.79 Å². The third-order valence-electron chi connectivity index (χ3n) is 1.70. The van der Waals surface area contributed by atoms with Gasteiger partial charge in [0, 0.05) is 0 Å². The first-order chi connectivity index (χ1) is 6.90. The third-order valence-corrected chi connectivity index (χ3v) is 1.70. The summed E-state index contributed by atoms with van der Waals surface area (Å²) in [5.74, 6) is 0. The van der Waals surface area contributed by atoms with E-state index in [-0.39, 0.29) is 0 Å². The molecule has 0 fully saturated rings. The maximum absolute atomic E-state index is 9.92. The zero-order chi connectivity index (χ0) is 12.0. The van der Waals surface area contributed by atoms with Gasteiger partial charge < -0.3 is 35.4 Å². The van der Waals surface area contributed by atoms with Crippen molar-refractivity contribution in [3.8, 4) is 0 Å². The fourth-order valence-corrected chi connectivity index (χ4v) is 0.818. The number of aliphatic hydroxyl groups excluding tert-OH is 5. The van der Waals surface area contributed by atoms with E-state index in [1.807, 2.05) is 0 Å². The van der Waals surface area contributed by atoms with Crippen molar-refractivity contribution in [2.45, 2.75) is 24.4 Å². The van der Waals surface area contributed by atoms with Gasteiger partial charge in [-0.1, -0.05) is 0 Å². The number of carbonyl (C=O) groups is 1. The summed E-state index contributed by atoms with van der Waals surface area (Å²) < 4.78 is 3.94. The standard InChI is InChI=1S/C7H14O8/c8-1-3(9)5(11)6(12)4(10)2-15-7(13)14/h3-6,8-12H,1-2H2,(H,13,14)/t3-,4+,5-,6-/m1/s1. The molecular weight excluding hydrogens is 212 g/mol. The number of hydrogen-bond donors (Lipinski definition) is 6. The molecule has 0 aromatic carbocycles. The second-order valence-corrected chi connectivity index (χ2v) is 2.88. The molecule has 8 nitrogen and oxygen atoms in total. The molecule has 0 bridgehead atoms. The Bertz CT molecular complexity index is 195. The Balaban J connectivity index is 4.06. The highest BCUT2D eigenvalue weighted by Gasteiger charge is 2.30. The fraction of sp³-hybridized carbons (Fsp3) is 0.857. The van der Waals surface area contributed by atoms with Crippen molar-refractivity contribution < 1.29 is 40.2 Å². The maximum Gasteiger partial charge on any atom is 0.505 e. The van der Waals surface area contributed by atoms with Crippen LogP contribution in [0.15, 0.2) is 0 Å². The van der Waals surface area contributed by atoms with Gasteiger partial charge >= 0.3 is 6.16 Å². The predicted octanol–water partition coefficient (Wildman–Crippen LogP) is -2.88. The SMILES string of the molecule is O=C(O)OC[C@H](O)[C@@H](O)[C@H](O)[C@H](O)CO. The smallest absolute Gasteiger partial charge is 0.450 e. The minimum Gasteiger partial charge on any atom is -0.450 e. The molecule has 0 unspecified atom stereocenters. The molecule has 8 heteroatoms. The average Bonchev–Trinajstić information content (AvgIpc) is 2.22. The minimum absolute atomic E-state index is 0.744. The molecule has 0 saturated heterocycles. The molecule has 0 heterocycles. The first-order valence-electron chi connectivity index (χ1n) is 4.09. The Hall–Kier alpha value is -0.930. The van der Waals surface area contributed by atoms with Gasteiger partial charge in [-0.05, 0) is 0 Å². The zero-order valence-corrected chi connectivity index (χ0v) is 7.72. The molecule has 0 aliphatic heterocycles. The summed E-state index contributed by atoms with van der Waals surface area (Å²) in [6.45, 7) is -1.55. The van der Waals surface area contributed by atoms with Crippen LogP contribution in [0.5, 0.6) is 0 Å². The van der Waals surface area contributed by atoms with E-state index in [1.165, 1.54) is 0 Å². The molecule has 4 atom stereocenters. The van der Waals surface area contributed by atoms with Gasteiger partial charge in [-0.25, -0.2) is 4.79 Å². The maximum atomic E-state index is 9.92. The van der Waals surface area contributed by atoms with Gasteiger partial charge in [-0.2, -0.15) is 0 Å². The van der Waals surface area contributed by atoms with Crippen LogP contribution < -0.4 is 0 Å². The number of carboxylic acid groups (broad SMARTS) is 1. The average molecular weight is 226 g/mol. The molecule has 0 rings (SSSR count). The highest BCUT2D eigenvalue weighted by atomic mass is 16.7. The molecule has 0 aromatic rings. The number of ether oxygens (including phenoxy) is 1. The van der Waals surface area contributed by atoms with Crippen LogP contribution in [0.2, 0.25) is 0 Å². The quantitative estimate of drug-likeness (QED) is 0.264. The van der Waals surface area contributed by atoms with E-state index in [4.69, 9.17) is 30.6 Å². The molecule has 90 valence electrons. The number of rotatable bonds is 6. The van der Waals surface area contributed by atoms with E-state index in [2.05, 4.69) is 4.74 Å². The van der Waals surface area contributed by atoms with Gasteiger partial charge in [0.15, 0.2) is 0 Å². The van der Waals surface area contributed by atoms with Crippen LogP contribution in [0.3, 0.4) is 0 Å². The van der Waals surface area contributed by atoms with Crippen LogP contribution in [0.25, 0.3) is 0 Å². The summed E-state index contributed by atoms with van der Waals surface area (Å²) in [7, 11) is 0. The normalized spacial score (nSPS) is 19.0. The minimum atomic E-state index is -1.81. The Morgan fingerprint density at radius 2 is 1.53 bits per heavy atom. The second kappa shape index (κ2) is 6.53. The largest absolute Gasteiger partial charge is 0.505 e. The number of aliphatic hydroxyl groups is 5. The van der Waals surface area contributed by atoms with Gasteiger partial charge in [0.05, 0.1) is 6.61 Å². The van der Waals surface area contributed by atoms with E-state index >= 15 is 0 Å². The summed E-state index contributed by atoms with van der Waals surface area (Å²) >= 11 is 0. The Kier molecular flexibility index (Phi) is 6.13. The van der Waals surface area contributed by atoms with Crippen LogP contribution in [-0.4, -0.2) is 74.4 Å². The van der Waals surface area contributed by atoms with Gasteiger partial charge in [0.2, 0.25) is 0 Å². The molecule has 0 aliphatic carbocycles. The van der Waals surface area contributed by atoms with Gasteiger partial charge in [0.1, 0.15) is 31.0 Å². The van der Waals surface area contributed by atoms with E-state index in [1.54, 1.807) is 0 Å². The highest BCUT2D eigenvalue weighted by molar-refractivity contribution is 5.56. The molecule has 0 aromatic heterocycles. The van der Waals surface area contributed by atoms with Crippen LogP contribution in [0.1, 0.15) is 0 Å². The third kappa shape index (κ3) is 4.91. The van der Waals surface area contributed by atoms with Crippen molar-refractivity contribution in [2.75, 3.05) is 13.2 Å². The molecule has 15 heavy (non-hydrogen) atoms. The second-order valence-electron chi connectivity index (χ2n) is 2.88. The topological polar surface area (TPSA) is 148 Å². The van der Waals surface area contributed by atoms with Crippen molar-refractivity contribution in [3.05, 3.63) is 0 Å². The summed E-state index contributed by atoms with van der Waals surface area (Å²) in [4.78, 5) is 9.92. The van der Waals surface area contributed by atoms with Crippen molar-refractivity contribution >= 4 is 6.16 Å². The zero-order valence-electron chi connectivity index (χ0n) is 7.72. The molecule has 0 radical (unpaired) electrons. The van der Waals surface area contributed by atoms with E-state index in [9.17, 15) is 4.79 Å². The lowest BCUT2D eigenvalue weighted by molar-refractivity contribution is -0.125. The molecule has 0 aliphatic rings. The van der Waals surface area contributed by atoms with Crippen molar-refractivity contribution in [1.29, 1.82) is 0 Å². The van der Waals surface area contributed by atoms with E-state index < -0.39 is 43.8 Å². The molecule has 0 spiro atoms. The van der Waals surface area contributed by atoms with Crippen LogP contribution in [0, 0.1) is 0 Å². The van der Waals surface area contributed by atoms with Crippen molar-refractivity contribution in [1.82, 2.24) is 0 Å². The lowest BCUT2D eigenvalue weighted by atomic mass is 10.0. The first-order valence-corrected chi connectivity index (χ1v) is 4.09. The lowest BCUT2D eigenvalue weighted by Crippen LogP contribution is -2.47. The molecule has 0 saturated carbocycles. The molecule has 0 amide bonds. The van der Waals surface area contributed by atoms with Gasteiger partial charge in [0.25, 0.3) is 0 Å². The van der Waals surface area contributed by atoms with E-state index in [0.717, 1.165) is 0 Å². The summed E-state index contributed by atoms with van der Waals surface area (Å²) in [5.41, 5.74) is 0. The monoisotopic (exact) mass is 226 g/mol. The van der Waals surface area contributed by atoms with Gasteiger partial charge in [-0.15, -0.1) is 0 Å². The number of hydrogen-bond acceptors (Lipinski definition) is 7. The summed E-state index contributed by atoms with van der Waals surface area (Å²) in [5, 5.41) is 52.7. The summed E-state index contributed by atoms with van der Waals surface area (Å²) in [6.07, 6.45) is -8.55. The Morgan fingerprint density at radius 1 is 1.07 bits per heavy atom. The lowest BCUT2D eigenvalue weighted by Gasteiger charge is -2.24. The fourth-order valence-electron chi connectivity index (χ4n) is 0.818. The summed E-state index contributed by atoms with van der Waals surface area (Å²) in [6, 6.07) is 0. The van der Waals surface area contributed by atoms with Crippen LogP contribution >= 0.6 is 0 Å². The highest BCUT2D eigenvalue weighted by Crippen LogP contribution is 2.05. The predicted molar refractivity (Wildman–Crippen MR) is 45.1 cm³/mol. The first kappa shape index (κ1) is 14.1. The molecule has 6 N–H and O–H groups in total. The van der Waals surface area contributed by atoms with Gasteiger partial charge in [-0.3, -0.25) is 0 Å². The van der Waals surface area contributed by atoms with E-state index in [0.29, 0.717) is 0 Å². The Labute approximate surface area is 85.0 Å². The Morgan fingerprint density at radius 3 is 1.93 bits per heavy atom. The van der Waals surface area contributed by atoms with Crippen LogP contribution in [-0.2, 0) is 4.74 Å². The van der Waals surface area contributed by atoms with Crippen molar-refractivity contribution in [3.63, 3.8) is 0 Å². The van der Waals surface area contributed by atoms with Crippen molar-refractivity contribution in [2.24, 2.45) is 0 Å². The molecular formula is C7H14O8.